The highest BCUT2D eigenvalue weighted by Gasteiger charge is 2.37. The van der Waals surface area contributed by atoms with Gasteiger partial charge in [-0.1, -0.05) is 11.6 Å². The molecule has 0 aliphatic heterocycles. The zero-order valence-corrected chi connectivity index (χ0v) is 12.7. The van der Waals surface area contributed by atoms with Crippen molar-refractivity contribution in [3.63, 3.8) is 0 Å². The second kappa shape index (κ2) is 6.35. The highest BCUT2D eigenvalue weighted by atomic mass is 35.5. The van der Waals surface area contributed by atoms with Crippen LogP contribution < -0.4 is 10.1 Å². The number of hydrogen-bond donors (Lipinski definition) is 2. The Hall–Kier alpha value is -1.75. The van der Waals surface area contributed by atoms with E-state index in [-0.39, 0.29) is 18.2 Å². The van der Waals surface area contributed by atoms with Gasteiger partial charge in [0.2, 0.25) is 5.91 Å². The van der Waals surface area contributed by atoms with Crippen molar-refractivity contribution < 1.29 is 19.4 Å². The number of ether oxygens (including phenoxy) is 1. The van der Waals surface area contributed by atoms with Gasteiger partial charge in [-0.05, 0) is 30.9 Å². The predicted molar refractivity (Wildman–Crippen MR) is 80.0 cm³/mol. The number of anilines is 1. The average Bonchev–Trinajstić information content (AvgIpc) is 3.20. The molecule has 1 fully saturated rings. The van der Waals surface area contributed by atoms with E-state index in [1.165, 1.54) is 14.0 Å². The molecule has 2 rings (SSSR count). The maximum atomic E-state index is 11.4. The Morgan fingerprint density at radius 3 is 2.62 bits per heavy atom. The molecular formula is C15H18ClNO4. The lowest BCUT2D eigenvalue weighted by Gasteiger charge is -2.22. The van der Waals surface area contributed by atoms with Crippen molar-refractivity contribution in [3.05, 3.63) is 22.7 Å². The summed E-state index contributed by atoms with van der Waals surface area (Å²) < 4.78 is 5.28. The average molecular weight is 312 g/mol. The molecule has 0 spiro atoms. The molecule has 114 valence electrons. The van der Waals surface area contributed by atoms with E-state index >= 15 is 0 Å². The number of rotatable bonds is 6. The molecule has 1 saturated carbocycles. The van der Waals surface area contributed by atoms with Gasteiger partial charge in [0.25, 0.3) is 0 Å². The van der Waals surface area contributed by atoms with Crippen LogP contribution in [-0.2, 0) is 9.59 Å². The van der Waals surface area contributed by atoms with Crippen molar-refractivity contribution in [1.82, 2.24) is 0 Å². The molecule has 0 radical (unpaired) electrons. The quantitative estimate of drug-likeness (QED) is 0.845. The summed E-state index contributed by atoms with van der Waals surface area (Å²) in [5.41, 5.74) is 1.15. The molecule has 2 N–H and O–H groups in total. The summed E-state index contributed by atoms with van der Waals surface area (Å²) in [7, 11) is 1.50. The molecular weight excluding hydrogens is 294 g/mol. The fourth-order valence-corrected chi connectivity index (χ4v) is 2.90. The summed E-state index contributed by atoms with van der Waals surface area (Å²) >= 11 is 6.29. The number of halogens is 1. The number of amides is 1. The molecule has 0 bridgehead atoms. The first-order valence-electron chi connectivity index (χ1n) is 6.79. The molecule has 1 unspecified atom stereocenters. The fraction of sp³-hybridized carbons (Fsp3) is 0.467. The number of methoxy groups -OCH3 is 1. The summed E-state index contributed by atoms with van der Waals surface area (Å²) in [4.78, 5) is 22.6. The third kappa shape index (κ3) is 3.67. The van der Waals surface area contributed by atoms with Gasteiger partial charge < -0.3 is 15.2 Å². The molecule has 0 aromatic heterocycles. The van der Waals surface area contributed by atoms with Gasteiger partial charge in [0, 0.05) is 23.4 Å². The van der Waals surface area contributed by atoms with E-state index in [1.54, 1.807) is 12.1 Å². The second-order valence-corrected chi connectivity index (χ2v) is 5.67. The van der Waals surface area contributed by atoms with E-state index in [9.17, 15) is 9.59 Å². The Kier molecular flexibility index (Phi) is 4.73. The lowest BCUT2D eigenvalue weighted by Crippen LogP contribution is -2.15. The first-order valence-corrected chi connectivity index (χ1v) is 7.17. The Labute approximate surface area is 128 Å². The Morgan fingerprint density at radius 1 is 1.48 bits per heavy atom. The summed E-state index contributed by atoms with van der Waals surface area (Å²) in [5.74, 6) is -0.563. The van der Waals surface area contributed by atoms with Crippen LogP contribution in [0.3, 0.4) is 0 Å². The number of benzene rings is 1. The van der Waals surface area contributed by atoms with E-state index in [0.717, 1.165) is 12.8 Å². The van der Waals surface area contributed by atoms with Crippen LogP contribution in [0.25, 0.3) is 0 Å². The van der Waals surface area contributed by atoms with Crippen molar-refractivity contribution >= 4 is 29.2 Å². The lowest BCUT2D eigenvalue weighted by molar-refractivity contribution is -0.137. The normalized spacial score (nSPS) is 15.4. The molecule has 1 amide bonds. The number of carboxylic acid groups (broad SMARTS) is 1. The molecule has 21 heavy (non-hydrogen) atoms. The van der Waals surface area contributed by atoms with Gasteiger partial charge in [0.1, 0.15) is 5.75 Å². The highest BCUT2D eigenvalue weighted by molar-refractivity contribution is 6.32. The summed E-state index contributed by atoms with van der Waals surface area (Å²) in [6, 6.07) is 3.35. The molecule has 1 aromatic carbocycles. The molecule has 1 aromatic rings. The lowest BCUT2D eigenvalue weighted by atomic mass is 9.89. The minimum absolute atomic E-state index is 0.00978. The molecule has 1 aliphatic carbocycles. The first kappa shape index (κ1) is 15.6. The largest absolute Gasteiger partial charge is 0.495 e. The van der Waals surface area contributed by atoms with Gasteiger partial charge >= 0.3 is 5.97 Å². The van der Waals surface area contributed by atoms with Gasteiger partial charge in [-0.2, -0.15) is 0 Å². The molecule has 6 heteroatoms. The third-order valence-corrected chi connectivity index (χ3v) is 3.96. The van der Waals surface area contributed by atoms with Gasteiger partial charge in [-0.25, -0.2) is 0 Å². The number of carbonyl (C=O) groups excluding carboxylic acids is 1. The first-order chi connectivity index (χ1) is 9.93. The Balaban J connectivity index is 2.52. The van der Waals surface area contributed by atoms with Crippen LogP contribution in [0, 0.1) is 5.92 Å². The van der Waals surface area contributed by atoms with Crippen LogP contribution in [0.5, 0.6) is 5.75 Å². The summed E-state index contributed by atoms with van der Waals surface area (Å²) in [5, 5.41) is 12.3. The summed E-state index contributed by atoms with van der Waals surface area (Å²) in [6.07, 6.45) is 1.94. The van der Waals surface area contributed by atoms with Crippen molar-refractivity contribution in [2.24, 2.45) is 5.92 Å². The van der Waals surface area contributed by atoms with Crippen LogP contribution in [0.1, 0.15) is 37.7 Å². The number of hydrogen-bond acceptors (Lipinski definition) is 3. The molecule has 1 aliphatic rings. The van der Waals surface area contributed by atoms with Crippen molar-refractivity contribution in [2.45, 2.75) is 32.1 Å². The SMILES string of the molecule is COc1ccc(Cl)c(C(CC(=O)O)C2CC2)c1NC(C)=O. The molecule has 0 saturated heterocycles. The minimum Gasteiger partial charge on any atom is -0.495 e. The van der Waals surface area contributed by atoms with Gasteiger partial charge in [0.05, 0.1) is 19.2 Å². The number of carboxylic acids is 1. The van der Waals surface area contributed by atoms with E-state index in [0.29, 0.717) is 27.9 Å². The third-order valence-electron chi connectivity index (χ3n) is 3.63. The van der Waals surface area contributed by atoms with E-state index in [1.807, 2.05) is 0 Å². The second-order valence-electron chi connectivity index (χ2n) is 5.26. The molecule has 0 heterocycles. The van der Waals surface area contributed by atoms with E-state index in [2.05, 4.69) is 5.32 Å². The van der Waals surface area contributed by atoms with Crippen LogP contribution >= 0.6 is 11.6 Å². The maximum Gasteiger partial charge on any atom is 0.303 e. The van der Waals surface area contributed by atoms with Gasteiger partial charge in [-0.3, -0.25) is 9.59 Å². The monoisotopic (exact) mass is 311 g/mol. The van der Waals surface area contributed by atoms with Gasteiger partial charge in [-0.15, -0.1) is 0 Å². The van der Waals surface area contributed by atoms with E-state index < -0.39 is 5.97 Å². The zero-order valence-electron chi connectivity index (χ0n) is 12.0. The number of aliphatic carboxylic acids is 1. The standard InChI is InChI=1S/C15H18ClNO4/c1-8(18)17-15-12(21-2)6-5-11(16)14(15)10(7-13(19)20)9-3-4-9/h5-6,9-10H,3-4,7H2,1-2H3,(H,17,18)(H,19,20). The fourth-order valence-electron chi connectivity index (χ4n) is 2.60. The van der Waals surface area contributed by atoms with Gasteiger partial charge in [0.15, 0.2) is 0 Å². The van der Waals surface area contributed by atoms with Crippen molar-refractivity contribution in [3.8, 4) is 5.75 Å². The Bertz CT molecular complexity index is 569. The van der Waals surface area contributed by atoms with Crippen molar-refractivity contribution in [1.29, 1.82) is 0 Å². The highest BCUT2D eigenvalue weighted by Crippen LogP contribution is 2.50. The van der Waals surface area contributed by atoms with Crippen LogP contribution in [0.2, 0.25) is 5.02 Å². The minimum atomic E-state index is -0.875. The Morgan fingerprint density at radius 2 is 2.14 bits per heavy atom. The van der Waals surface area contributed by atoms with Crippen LogP contribution in [0.4, 0.5) is 5.69 Å². The van der Waals surface area contributed by atoms with E-state index in [4.69, 9.17) is 21.4 Å². The molecule has 5 nitrogen and oxygen atoms in total. The number of nitrogens with one attached hydrogen (secondary N) is 1. The predicted octanol–water partition coefficient (Wildman–Crippen LogP) is 3.28. The topological polar surface area (TPSA) is 75.6 Å². The van der Waals surface area contributed by atoms with Crippen LogP contribution in [0.15, 0.2) is 12.1 Å². The maximum absolute atomic E-state index is 11.4. The zero-order chi connectivity index (χ0) is 15.6. The smallest absolute Gasteiger partial charge is 0.303 e. The number of carbonyl (C=O) groups is 2. The summed E-state index contributed by atoms with van der Waals surface area (Å²) in [6.45, 7) is 1.40. The van der Waals surface area contributed by atoms with Crippen molar-refractivity contribution in [2.75, 3.05) is 12.4 Å². The molecule has 1 atom stereocenters. The van der Waals surface area contributed by atoms with Crippen LogP contribution in [-0.4, -0.2) is 24.1 Å².